The molecule has 2 aromatic heterocycles. The molecule has 1 unspecified atom stereocenters. The highest BCUT2D eigenvalue weighted by Crippen LogP contribution is 2.32. The molecular formula is C10H13BrN4OS. The predicted molar refractivity (Wildman–Crippen MR) is 69.5 cm³/mol. The minimum atomic E-state index is -0.207. The monoisotopic (exact) mass is 316 g/mol. The molecule has 0 saturated heterocycles. The number of hydrazine groups is 1. The van der Waals surface area contributed by atoms with Crippen LogP contribution in [-0.4, -0.2) is 9.59 Å². The van der Waals surface area contributed by atoms with E-state index >= 15 is 0 Å². The molecule has 0 aliphatic carbocycles. The molecule has 17 heavy (non-hydrogen) atoms. The van der Waals surface area contributed by atoms with Gasteiger partial charge in [0, 0.05) is 0 Å². The lowest BCUT2D eigenvalue weighted by molar-refractivity contribution is 0.451. The highest BCUT2D eigenvalue weighted by atomic mass is 79.9. The summed E-state index contributed by atoms with van der Waals surface area (Å²) >= 11 is 4.78. The average molecular weight is 317 g/mol. The number of halogens is 1. The summed E-state index contributed by atoms with van der Waals surface area (Å²) in [6.07, 6.45) is 3.54. The van der Waals surface area contributed by atoms with Crippen LogP contribution in [-0.2, 0) is 6.42 Å². The number of nitrogens with two attached hydrogens (primary N) is 1. The molecule has 0 aromatic carbocycles. The van der Waals surface area contributed by atoms with E-state index in [2.05, 4.69) is 37.9 Å². The van der Waals surface area contributed by atoms with Crippen LogP contribution in [0.15, 0.2) is 21.2 Å². The van der Waals surface area contributed by atoms with E-state index in [-0.39, 0.29) is 6.04 Å². The van der Waals surface area contributed by atoms with Gasteiger partial charge in [-0.3, -0.25) is 5.84 Å². The van der Waals surface area contributed by atoms with Crippen LogP contribution < -0.4 is 11.3 Å². The zero-order valence-corrected chi connectivity index (χ0v) is 11.7. The molecular weight excluding hydrogens is 304 g/mol. The molecule has 5 nitrogen and oxygen atoms in total. The summed E-state index contributed by atoms with van der Waals surface area (Å²) < 4.78 is 10.3. The molecule has 0 saturated carbocycles. The smallest absolute Gasteiger partial charge is 0.141 e. The third-order valence-corrected chi connectivity index (χ3v) is 3.89. The number of rotatable bonds is 5. The van der Waals surface area contributed by atoms with Crippen molar-refractivity contribution in [1.29, 1.82) is 0 Å². The lowest BCUT2D eigenvalue weighted by atomic mass is 10.1. The average Bonchev–Trinajstić information content (AvgIpc) is 2.92. The Hall–Kier alpha value is -0.760. The van der Waals surface area contributed by atoms with Crippen molar-refractivity contribution < 1.29 is 4.42 Å². The second kappa shape index (κ2) is 5.72. The summed E-state index contributed by atoms with van der Waals surface area (Å²) in [4.78, 5) is 1.00. The van der Waals surface area contributed by atoms with Crippen LogP contribution in [0, 0.1) is 0 Å². The van der Waals surface area contributed by atoms with Crippen LogP contribution in [0.4, 0.5) is 0 Å². The van der Waals surface area contributed by atoms with Crippen LogP contribution in [0.1, 0.15) is 35.7 Å². The van der Waals surface area contributed by atoms with Crippen molar-refractivity contribution >= 4 is 27.5 Å². The van der Waals surface area contributed by atoms with Crippen molar-refractivity contribution in [1.82, 2.24) is 15.0 Å². The van der Waals surface area contributed by atoms with Gasteiger partial charge in [0.15, 0.2) is 0 Å². The van der Waals surface area contributed by atoms with Crippen LogP contribution >= 0.6 is 27.5 Å². The fraction of sp³-hybridized carbons (Fsp3) is 0.400. The largest absolute Gasteiger partial charge is 0.466 e. The maximum absolute atomic E-state index is 5.61. The van der Waals surface area contributed by atoms with Gasteiger partial charge in [0.1, 0.15) is 11.8 Å². The number of furan rings is 1. The second-order valence-electron chi connectivity index (χ2n) is 3.57. The van der Waals surface area contributed by atoms with E-state index in [1.807, 2.05) is 6.07 Å². The van der Waals surface area contributed by atoms with Crippen molar-refractivity contribution in [2.45, 2.75) is 25.8 Å². The lowest BCUT2D eigenvalue weighted by Gasteiger charge is -2.12. The fourth-order valence-electron chi connectivity index (χ4n) is 1.63. The Morgan fingerprint density at radius 2 is 2.47 bits per heavy atom. The number of nitrogens with zero attached hydrogens (tertiary/aromatic N) is 2. The summed E-state index contributed by atoms with van der Waals surface area (Å²) in [5.74, 6) is 6.36. The molecule has 0 aliphatic heterocycles. The van der Waals surface area contributed by atoms with Crippen molar-refractivity contribution in [3.63, 3.8) is 0 Å². The molecule has 1 atom stereocenters. The topological polar surface area (TPSA) is 77.0 Å². The molecule has 0 aliphatic rings. The SMILES string of the molecule is CCCc1nnsc1C(NN)c1occc1Br. The molecule has 0 fully saturated rings. The highest BCUT2D eigenvalue weighted by molar-refractivity contribution is 9.10. The molecule has 0 amide bonds. The Balaban J connectivity index is 2.35. The Morgan fingerprint density at radius 1 is 1.65 bits per heavy atom. The predicted octanol–water partition coefficient (Wildman–Crippen LogP) is 2.40. The molecule has 2 rings (SSSR count). The molecule has 2 heterocycles. The first-order valence-electron chi connectivity index (χ1n) is 5.28. The third kappa shape index (κ3) is 2.57. The summed E-state index contributed by atoms with van der Waals surface area (Å²) in [7, 11) is 0. The van der Waals surface area contributed by atoms with E-state index in [9.17, 15) is 0 Å². The van der Waals surface area contributed by atoms with Gasteiger partial charge in [-0.2, -0.15) is 0 Å². The van der Waals surface area contributed by atoms with E-state index in [4.69, 9.17) is 10.3 Å². The molecule has 92 valence electrons. The number of aromatic nitrogens is 2. The Bertz CT molecular complexity index is 484. The quantitative estimate of drug-likeness (QED) is 0.654. The number of aryl methyl sites for hydroxylation is 1. The molecule has 7 heteroatoms. The van der Waals surface area contributed by atoms with Gasteiger partial charge in [0.2, 0.25) is 0 Å². The van der Waals surface area contributed by atoms with Crippen molar-refractivity contribution in [2.75, 3.05) is 0 Å². The van der Waals surface area contributed by atoms with Gasteiger partial charge < -0.3 is 4.42 Å². The van der Waals surface area contributed by atoms with Crippen LogP contribution in [0.5, 0.6) is 0 Å². The van der Waals surface area contributed by atoms with Gasteiger partial charge in [-0.15, -0.1) is 5.10 Å². The van der Waals surface area contributed by atoms with Crippen LogP contribution in [0.25, 0.3) is 0 Å². The van der Waals surface area contributed by atoms with Gasteiger partial charge in [-0.05, 0) is 39.9 Å². The maximum atomic E-state index is 5.61. The van der Waals surface area contributed by atoms with E-state index in [1.165, 1.54) is 11.5 Å². The van der Waals surface area contributed by atoms with E-state index in [1.54, 1.807) is 6.26 Å². The molecule has 2 aromatic rings. The summed E-state index contributed by atoms with van der Waals surface area (Å²) in [5.41, 5.74) is 3.73. The number of hydrogen-bond donors (Lipinski definition) is 2. The first-order valence-corrected chi connectivity index (χ1v) is 6.84. The summed E-state index contributed by atoms with van der Waals surface area (Å²) in [6.45, 7) is 2.11. The van der Waals surface area contributed by atoms with Gasteiger partial charge in [-0.25, -0.2) is 5.43 Å². The standard InChI is InChI=1S/C10H13BrN4OS/c1-2-3-7-10(17-15-14-7)8(13-12)9-6(11)4-5-16-9/h4-5,8,13H,2-3,12H2,1H3. The Kier molecular flexibility index (Phi) is 4.27. The first kappa shape index (κ1) is 12.7. The Morgan fingerprint density at radius 3 is 3.06 bits per heavy atom. The minimum Gasteiger partial charge on any atom is -0.466 e. The van der Waals surface area contributed by atoms with Crippen LogP contribution in [0.2, 0.25) is 0 Å². The van der Waals surface area contributed by atoms with Gasteiger partial charge in [0.25, 0.3) is 0 Å². The fourth-order valence-corrected chi connectivity index (χ4v) is 2.81. The van der Waals surface area contributed by atoms with Crippen LogP contribution in [0.3, 0.4) is 0 Å². The number of nitrogens with one attached hydrogen (secondary N) is 1. The van der Waals surface area contributed by atoms with Crippen molar-refractivity contribution in [2.24, 2.45) is 5.84 Å². The van der Waals surface area contributed by atoms with Gasteiger partial charge in [0.05, 0.1) is 21.3 Å². The summed E-state index contributed by atoms with van der Waals surface area (Å²) in [5, 5.41) is 4.13. The zero-order chi connectivity index (χ0) is 12.3. The molecule has 0 radical (unpaired) electrons. The molecule has 0 spiro atoms. The normalized spacial score (nSPS) is 12.9. The Labute approximate surface area is 112 Å². The molecule has 0 bridgehead atoms. The summed E-state index contributed by atoms with van der Waals surface area (Å²) in [6, 6.07) is 1.63. The number of hydrogen-bond acceptors (Lipinski definition) is 6. The maximum Gasteiger partial charge on any atom is 0.141 e. The van der Waals surface area contributed by atoms with E-state index < -0.39 is 0 Å². The minimum absolute atomic E-state index is 0.207. The highest BCUT2D eigenvalue weighted by Gasteiger charge is 2.24. The lowest BCUT2D eigenvalue weighted by Crippen LogP contribution is -2.28. The van der Waals surface area contributed by atoms with E-state index in [0.29, 0.717) is 0 Å². The van der Waals surface area contributed by atoms with Crippen molar-refractivity contribution in [3.8, 4) is 0 Å². The molecule has 3 N–H and O–H groups in total. The van der Waals surface area contributed by atoms with Gasteiger partial charge >= 0.3 is 0 Å². The first-order chi connectivity index (χ1) is 8.27. The van der Waals surface area contributed by atoms with Gasteiger partial charge in [-0.1, -0.05) is 17.8 Å². The third-order valence-electron chi connectivity index (χ3n) is 2.41. The van der Waals surface area contributed by atoms with E-state index in [0.717, 1.165) is 33.6 Å². The zero-order valence-electron chi connectivity index (χ0n) is 9.31. The second-order valence-corrected chi connectivity index (χ2v) is 5.21. The van der Waals surface area contributed by atoms with Crippen molar-refractivity contribution in [3.05, 3.63) is 33.1 Å².